The zero-order valence-electron chi connectivity index (χ0n) is 19.9. The van der Waals surface area contributed by atoms with Gasteiger partial charge in [-0.05, 0) is 63.9 Å². The molecule has 178 valence electrons. The first-order valence-electron chi connectivity index (χ1n) is 11.0. The van der Waals surface area contributed by atoms with Gasteiger partial charge in [0.1, 0.15) is 5.76 Å². The van der Waals surface area contributed by atoms with Crippen LogP contribution in [-0.2, 0) is 13.1 Å². The Kier molecular flexibility index (Phi) is 13.0. The monoisotopic (exact) mass is 555 g/mol. The van der Waals surface area contributed by atoms with Crippen molar-refractivity contribution in [2.75, 3.05) is 20.1 Å². The second kappa shape index (κ2) is 14.9. The molecule has 0 aliphatic carbocycles. The number of hydrogen-bond donors (Lipinski definition) is 3. The van der Waals surface area contributed by atoms with Crippen LogP contribution in [0.2, 0.25) is 0 Å². The lowest BCUT2D eigenvalue weighted by Gasteiger charge is -2.30. The Labute approximate surface area is 209 Å². The Morgan fingerprint density at radius 2 is 1.78 bits per heavy atom. The number of nitrogens with one attached hydrogen (secondary N) is 3. The summed E-state index contributed by atoms with van der Waals surface area (Å²) in [7, 11) is 1.77. The molecule has 0 saturated carbocycles. The summed E-state index contributed by atoms with van der Waals surface area (Å²) in [6.45, 7) is 11.8. The van der Waals surface area contributed by atoms with Gasteiger partial charge in [0.05, 0.1) is 12.8 Å². The quantitative estimate of drug-likeness (QED) is 0.169. The van der Waals surface area contributed by atoms with Crippen molar-refractivity contribution in [3.05, 3.63) is 59.5 Å². The highest BCUT2D eigenvalue weighted by Gasteiger charge is 2.12. The van der Waals surface area contributed by atoms with Crippen molar-refractivity contribution in [2.24, 2.45) is 4.99 Å². The molecule has 0 atom stereocenters. The molecule has 2 rings (SSSR count). The van der Waals surface area contributed by atoms with E-state index in [1.807, 2.05) is 30.3 Å². The highest BCUT2D eigenvalue weighted by molar-refractivity contribution is 14.0. The van der Waals surface area contributed by atoms with Gasteiger partial charge in [-0.3, -0.25) is 14.7 Å². The molecule has 3 N–H and O–H groups in total. The number of rotatable bonds is 11. The van der Waals surface area contributed by atoms with Crippen LogP contribution in [0.4, 0.5) is 0 Å². The molecule has 0 spiro atoms. The van der Waals surface area contributed by atoms with E-state index in [0.29, 0.717) is 30.7 Å². The fraction of sp³-hybridized carbons (Fsp3) is 0.500. The molecule has 2 aromatic rings. The average molecular weight is 556 g/mol. The van der Waals surface area contributed by atoms with E-state index in [-0.39, 0.29) is 29.9 Å². The molecule has 1 aromatic heterocycles. The Hall–Kier alpha value is -2.07. The minimum Gasteiger partial charge on any atom is -0.467 e. The zero-order chi connectivity index (χ0) is 22.6. The molecule has 1 heterocycles. The maximum Gasteiger partial charge on any atom is 0.251 e. The number of halogens is 1. The summed E-state index contributed by atoms with van der Waals surface area (Å²) < 4.78 is 5.25. The molecule has 7 nitrogen and oxygen atoms in total. The van der Waals surface area contributed by atoms with E-state index in [1.165, 1.54) is 0 Å². The molecular weight excluding hydrogens is 517 g/mol. The summed E-state index contributed by atoms with van der Waals surface area (Å²) in [6.07, 6.45) is 2.64. The third-order valence-corrected chi connectivity index (χ3v) is 5.09. The predicted molar refractivity (Wildman–Crippen MR) is 142 cm³/mol. The minimum atomic E-state index is -0.124. The summed E-state index contributed by atoms with van der Waals surface area (Å²) >= 11 is 0. The minimum absolute atomic E-state index is 0. The van der Waals surface area contributed by atoms with Crippen LogP contribution in [0.15, 0.2) is 52.1 Å². The van der Waals surface area contributed by atoms with Crippen molar-refractivity contribution < 1.29 is 9.21 Å². The second-order valence-electron chi connectivity index (χ2n) is 8.09. The second-order valence-corrected chi connectivity index (χ2v) is 8.09. The van der Waals surface area contributed by atoms with Crippen molar-refractivity contribution in [1.82, 2.24) is 20.9 Å². The molecule has 32 heavy (non-hydrogen) atoms. The topological polar surface area (TPSA) is 81.9 Å². The van der Waals surface area contributed by atoms with Crippen LogP contribution < -0.4 is 16.0 Å². The average Bonchev–Trinajstić information content (AvgIpc) is 3.27. The van der Waals surface area contributed by atoms with E-state index in [1.54, 1.807) is 19.4 Å². The maximum absolute atomic E-state index is 12.4. The molecule has 0 fully saturated rings. The van der Waals surface area contributed by atoms with E-state index in [0.717, 1.165) is 36.8 Å². The lowest BCUT2D eigenvalue weighted by molar-refractivity contribution is 0.0948. The molecule has 0 saturated heterocycles. The summed E-state index contributed by atoms with van der Waals surface area (Å²) in [6, 6.07) is 12.3. The van der Waals surface area contributed by atoms with Gasteiger partial charge in [0.25, 0.3) is 5.91 Å². The maximum atomic E-state index is 12.4. The SMILES string of the molecule is CN=C(NCCCN(C(C)C)C(C)C)NCc1cccc(C(=O)NCc2ccco2)c1.I. The number of benzene rings is 1. The van der Waals surface area contributed by atoms with Crippen LogP contribution in [-0.4, -0.2) is 49.0 Å². The van der Waals surface area contributed by atoms with Crippen LogP contribution in [0.3, 0.4) is 0 Å². The number of guanidine groups is 1. The molecular formula is C24H38IN5O2. The number of hydrogen-bond acceptors (Lipinski definition) is 4. The molecule has 0 aliphatic rings. The first-order chi connectivity index (χ1) is 14.9. The standard InChI is InChI=1S/C24H37N5O2.HI/c1-18(2)29(19(3)4)13-8-12-26-24(25-5)28-16-20-9-6-10-21(15-20)23(30)27-17-22-11-7-14-31-22;/h6-7,9-11,14-15,18-19H,8,12-13,16-17H2,1-5H3,(H,27,30)(H2,25,26,28);1H. The molecule has 0 aliphatic heterocycles. The van der Waals surface area contributed by atoms with E-state index < -0.39 is 0 Å². The highest BCUT2D eigenvalue weighted by atomic mass is 127. The van der Waals surface area contributed by atoms with Gasteiger partial charge in [0, 0.05) is 44.3 Å². The smallest absolute Gasteiger partial charge is 0.251 e. The van der Waals surface area contributed by atoms with Crippen LogP contribution in [0, 0.1) is 0 Å². The van der Waals surface area contributed by atoms with Gasteiger partial charge < -0.3 is 20.4 Å². The number of carbonyl (C=O) groups is 1. The molecule has 1 aromatic carbocycles. The molecule has 0 bridgehead atoms. The normalized spacial score (nSPS) is 11.6. The van der Waals surface area contributed by atoms with Gasteiger partial charge in [-0.15, -0.1) is 24.0 Å². The van der Waals surface area contributed by atoms with Crippen molar-refractivity contribution in [3.8, 4) is 0 Å². The van der Waals surface area contributed by atoms with Crippen molar-refractivity contribution in [3.63, 3.8) is 0 Å². The van der Waals surface area contributed by atoms with Crippen LogP contribution in [0.25, 0.3) is 0 Å². The Morgan fingerprint density at radius 1 is 1.03 bits per heavy atom. The van der Waals surface area contributed by atoms with Crippen LogP contribution in [0.1, 0.15) is 55.8 Å². The fourth-order valence-electron chi connectivity index (χ4n) is 3.49. The van der Waals surface area contributed by atoms with Gasteiger partial charge in [-0.25, -0.2) is 0 Å². The van der Waals surface area contributed by atoms with Crippen molar-refractivity contribution in [2.45, 2.75) is 59.3 Å². The number of nitrogens with zero attached hydrogens (tertiary/aromatic N) is 2. The van der Waals surface area contributed by atoms with E-state index in [9.17, 15) is 4.79 Å². The summed E-state index contributed by atoms with van der Waals surface area (Å²) in [5.41, 5.74) is 1.63. The Morgan fingerprint density at radius 3 is 2.41 bits per heavy atom. The highest BCUT2D eigenvalue weighted by Crippen LogP contribution is 2.07. The summed E-state index contributed by atoms with van der Waals surface area (Å²) in [5.74, 6) is 1.36. The lowest BCUT2D eigenvalue weighted by atomic mass is 10.1. The van der Waals surface area contributed by atoms with Gasteiger partial charge in [0.2, 0.25) is 0 Å². The van der Waals surface area contributed by atoms with Gasteiger partial charge >= 0.3 is 0 Å². The number of aliphatic imine (C=N–C) groups is 1. The van der Waals surface area contributed by atoms with Crippen LogP contribution in [0.5, 0.6) is 0 Å². The van der Waals surface area contributed by atoms with Gasteiger partial charge in [-0.2, -0.15) is 0 Å². The Bertz CT molecular complexity index is 814. The molecule has 8 heteroatoms. The molecule has 1 amide bonds. The molecule has 0 radical (unpaired) electrons. The van der Waals surface area contributed by atoms with Crippen LogP contribution >= 0.6 is 24.0 Å². The first kappa shape index (κ1) is 28.0. The van der Waals surface area contributed by atoms with Gasteiger partial charge in [-0.1, -0.05) is 12.1 Å². The van der Waals surface area contributed by atoms with E-state index in [2.05, 4.69) is 53.5 Å². The predicted octanol–water partition coefficient (Wildman–Crippen LogP) is 4.00. The summed E-state index contributed by atoms with van der Waals surface area (Å²) in [4.78, 5) is 19.2. The van der Waals surface area contributed by atoms with Crippen molar-refractivity contribution in [1.29, 1.82) is 0 Å². The largest absolute Gasteiger partial charge is 0.467 e. The summed E-state index contributed by atoms with van der Waals surface area (Å²) in [5, 5.41) is 9.56. The third-order valence-electron chi connectivity index (χ3n) is 5.09. The number of carbonyl (C=O) groups excluding carboxylic acids is 1. The fourth-order valence-corrected chi connectivity index (χ4v) is 3.49. The molecule has 0 unspecified atom stereocenters. The van der Waals surface area contributed by atoms with E-state index >= 15 is 0 Å². The first-order valence-corrected chi connectivity index (χ1v) is 11.0. The van der Waals surface area contributed by atoms with Crippen molar-refractivity contribution >= 4 is 35.8 Å². The Balaban J connectivity index is 0.00000512. The van der Waals surface area contributed by atoms with E-state index in [4.69, 9.17) is 4.42 Å². The van der Waals surface area contributed by atoms with Gasteiger partial charge in [0.15, 0.2) is 5.96 Å². The zero-order valence-corrected chi connectivity index (χ0v) is 22.2. The lowest BCUT2D eigenvalue weighted by Crippen LogP contribution is -2.41. The number of furan rings is 1. The number of amides is 1. The third kappa shape index (κ3) is 9.60.